The van der Waals surface area contributed by atoms with Crippen LogP contribution in [0.5, 0.6) is 0 Å². The van der Waals surface area contributed by atoms with Crippen LogP contribution in [0, 0.1) is 0 Å². The third-order valence-electron chi connectivity index (χ3n) is 1.92. The van der Waals surface area contributed by atoms with Crippen molar-refractivity contribution < 1.29 is 14.0 Å². The fraction of sp³-hybridized carbons (Fsp3) is 0.750. The van der Waals surface area contributed by atoms with Gasteiger partial charge in [-0.2, -0.15) is 0 Å². The first-order chi connectivity index (χ1) is 7.16. The summed E-state index contributed by atoms with van der Waals surface area (Å²) in [6.07, 6.45) is 2.04. The van der Waals surface area contributed by atoms with Crippen molar-refractivity contribution in [3.63, 3.8) is 0 Å². The largest absolute Gasteiger partial charge is 0.463 e. The molecule has 0 unspecified atom stereocenters. The lowest BCUT2D eigenvalue weighted by Crippen LogP contribution is -2.39. The van der Waals surface area contributed by atoms with Gasteiger partial charge in [-0.15, -0.1) is 0 Å². The van der Waals surface area contributed by atoms with Gasteiger partial charge in [0, 0.05) is 11.7 Å². The quantitative estimate of drug-likeness (QED) is 0.312. The monoisotopic (exact) mass is 244 g/mol. The molecular formula is C12H24O3Si. The van der Waals surface area contributed by atoms with Gasteiger partial charge >= 0.3 is 5.97 Å². The average molecular weight is 244 g/mol. The maximum Gasteiger partial charge on any atom is 0.330 e. The van der Waals surface area contributed by atoms with Crippen molar-refractivity contribution in [2.45, 2.75) is 51.9 Å². The number of hydrogen-bond acceptors (Lipinski definition) is 3. The molecule has 0 fully saturated rings. The van der Waals surface area contributed by atoms with Gasteiger partial charge in [0.1, 0.15) is 0 Å². The molecule has 0 bridgehead atoms. The summed E-state index contributed by atoms with van der Waals surface area (Å²) < 4.78 is 11.0. The number of carbonyl (C=O) groups is 1. The van der Waals surface area contributed by atoms with E-state index in [0.29, 0.717) is 6.61 Å². The zero-order valence-electron chi connectivity index (χ0n) is 11.1. The van der Waals surface area contributed by atoms with Crippen LogP contribution in [0.25, 0.3) is 0 Å². The molecule has 4 heteroatoms. The Balaban J connectivity index is 3.82. The molecule has 0 spiro atoms. The summed E-state index contributed by atoms with van der Waals surface area (Å²) in [5.74, 6) is -0.351. The molecule has 0 aromatic rings. The van der Waals surface area contributed by atoms with E-state index in [1.807, 2.05) is 0 Å². The second kappa shape index (κ2) is 6.20. The Kier molecular flexibility index (Phi) is 5.97. The number of rotatable bonds is 6. The highest BCUT2D eigenvalue weighted by atomic mass is 28.4. The van der Waals surface area contributed by atoms with Gasteiger partial charge in [0.05, 0.1) is 6.61 Å². The number of ether oxygens (including phenoxy) is 1. The summed E-state index contributed by atoms with van der Waals surface area (Å²) in [6, 6.07) is 0.995. The lowest BCUT2D eigenvalue weighted by Gasteiger charge is -2.32. The van der Waals surface area contributed by atoms with Crippen molar-refractivity contribution in [2.24, 2.45) is 0 Å². The third kappa shape index (κ3) is 8.68. The van der Waals surface area contributed by atoms with Crippen molar-refractivity contribution in [1.82, 2.24) is 0 Å². The van der Waals surface area contributed by atoms with Crippen LogP contribution in [0.2, 0.25) is 19.1 Å². The van der Waals surface area contributed by atoms with E-state index in [4.69, 9.17) is 9.16 Å². The molecule has 0 heterocycles. The van der Waals surface area contributed by atoms with E-state index in [1.54, 1.807) is 0 Å². The molecule has 0 aliphatic carbocycles. The average Bonchev–Trinajstić information content (AvgIpc) is 2.08. The van der Waals surface area contributed by atoms with E-state index in [2.05, 4.69) is 40.4 Å². The van der Waals surface area contributed by atoms with Crippen LogP contribution in [0.4, 0.5) is 0 Å². The molecule has 94 valence electrons. The normalized spacial score (nSPS) is 12.3. The minimum Gasteiger partial charge on any atom is -0.463 e. The molecule has 16 heavy (non-hydrogen) atoms. The predicted octanol–water partition coefficient (Wildman–Crippen LogP) is 3.13. The van der Waals surface area contributed by atoms with Gasteiger partial charge in [0.2, 0.25) is 0 Å². The van der Waals surface area contributed by atoms with Crippen molar-refractivity contribution in [3.8, 4) is 0 Å². The molecule has 0 radical (unpaired) electrons. The van der Waals surface area contributed by atoms with E-state index in [9.17, 15) is 4.79 Å². The van der Waals surface area contributed by atoms with Gasteiger partial charge in [-0.3, -0.25) is 0 Å². The lowest BCUT2D eigenvalue weighted by molar-refractivity contribution is -0.137. The standard InChI is InChI=1S/C12H24O3Si/c1-7-11(13)14-9-8-10-16(5,6)15-12(2,3)4/h7H,1,8-10H2,2-6H3. The molecule has 0 saturated heterocycles. The van der Waals surface area contributed by atoms with E-state index >= 15 is 0 Å². The highest BCUT2D eigenvalue weighted by molar-refractivity contribution is 6.71. The first kappa shape index (κ1) is 15.4. The Labute approximate surface area is 100.0 Å². The molecule has 0 saturated carbocycles. The zero-order valence-corrected chi connectivity index (χ0v) is 12.1. The summed E-state index contributed by atoms with van der Waals surface area (Å²) in [5.41, 5.74) is -0.0898. The van der Waals surface area contributed by atoms with Crippen molar-refractivity contribution in [1.29, 1.82) is 0 Å². The van der Waals surface area contributed by atoms with Crippen LogP contribution < -0.4 is 0 Å². The fourth-order valence-corrected chi connectivity index (χ4v) is 4.37. The van der Waals surface area contributed by atoms with Crippen molar-refractivity contribution in [3.05, 3.63) is 12.7 Å². The summed E-state index contributed by atoms with van der Waals surface area (Å²) in [4.78, 5) is 10.8. The highest BCUT2D eigenvalue weighted by Gasteiger charge is 2.27. The van der Waals surface area contributed by atoms with Crippen LogP contribution in [0.1, 0.15) is 27.2 Å². The maximum atomic E-state index is 10.8. The number of esters is 1. The third-order valence-corrected chi connectivity index (χ3v) is 4.64. The van der Waals surface area contributed by atoms with E-state index in [-0.39, 0.29) is 11.6 Å². The van der Waals surface area contributed by atoms with Gasteiger partial charge in [-0.25, -0.2) is 4.79 Å². The second-order valence-electron chi connectivity index (χ2n) is 5.45. The molecule has 0 atom stereocenters. The Morgan fingerprint density at radius 3 is 2.38 bits per heavy atom. The summed E-state index contributed by atoms with van der Waals surface area (Å²) in [7, 11) is -1.64. The van der Waals surface area contributed by atoms with Crippen LogP contribution in [0.3, 0.4) is 0 Å². The molecule has 0 N–H and O–H groups in total. The lowest BCUT2D eigenvalue weighted by atomic mass is 10.2. The summed E-state index contributed by atoms with van der Waals surface area (Å²) in [6.45, 7) is 14.4. The first-order valence-corrected chi connectivity index (χ1v) is 8.77. The molecule has 0 rings (SSSR count). The van der Waals surface area contributed by atoms with Gasteiger partial charge < -0.3 is 9.16 Å². The fourth-order valence-electron chi connectivity index (χ4n) is 1.61. The Hall–Kier alpha value is -0.613. The van der Waals surface area contributed by atoms with Gasteiger partial charge in [0.15, 0.2) is 8.32 Å². The topological polar surface area (TPSA) is 35.5 Å². The number of hydrogen-bond donors (Lipinski definition) is 0. The molecule has 0 aromatic heterocycles. The minimum absolute atomic E-state index is 0.0898. The zero-order chi connectivity index (χ0) is 12.8. The van der Waals surface area contributed by atoms with Crippen molar-refractivity contribution >= 4 is 14.3 Å². The van der Waals surface area contributed by atoms with Crippen LogP contribution >= 0.6 is 0 Å². The first-order valence-electron chi connectivity index (χ1n) is 5.66. The number of carbonyl (C=O) groups excluding carboxylic acids is 1. The Bertz CT molecular complexity index is 241. The Morgan fingerprint density at radius 2 is 1.94 bits per heavy atom. The van der Waals surface area contributed by atoms with E-state index in [1.165, 1.54) is 6.08 Å². The molecule has 0 amide bonds. The highest BCUT2D eigenvalue weighted by Crippen LogP contribution is 2.21. The van der Waals surface area contributed by atoms with Gasteiger partial charge in [0.25, 0.3) is 0 Å². The molecule has 3 nitrogen and oxygen atoms in total. The van der Waals surface area contributed by atoms with Crippen LogP contribution in [-0.4, -0.2) is 26.5 Å². The van der Waals surface area contributed by atoms with E-state index in [0.717, 1.165) is 12.5 Å². The summed E-state index contributed by atoms with van der Waals surface area (Å²) in [5, 5.41) is 0. The SMILES string of the molecule is C=CC(=O)OCCC[Si](C)(C)OC(C)(C)C. The molecular weight excluding hydrogens is 220 g/mol. The maximum absolute atomic E-state index is 10.8. The molecule has 0 aliphatic heterocycles. The van der Waals surface area contributed by atoms with Crippen molar-refractivity contribution in [2.75, 3.05) is 6.61 Å². The molecule has 0 aromatic carbocycles. The summed E-state index contributed by atoms with van der Waals surface area (Å²) >= 11 is 0. The van der Waals surface area contributed by atoms with E-state index < -0.39 is 8.32 Å². The minimum atomic E-state index is -1.64. The van der Waals surface area contributed by atoms with Crippen LogP contribution in [0.15, 0.2) is 12.7 Å². The second-order valence-corrected chi connectivity index (χ2v) is 9.67. The smallest absolute Gasteiger partial charge is 0.330 e. The van der Waals surface area contributed by atoms with Gasteiger partial charge in [-0.1, -0.05) is 6.58 Å². The molecule has 0 aliphatic rings. The predicted molar refractivity (Wildman–Crippen MR) is 68.9 cm³/mol. The van der Waals surface area contributed by atoms with Crippen LogP contribution in [-0.2, 0) is 14.0 Å². The van der Waals surface area contributed by atoms with Gasteiger partial charge in [-0.05, 0) is 46.3 Å². The Morgan fingerprint density at radius 1 is 1.38 bits per heavy atom.